The van der Waals surface area contributed by atoms with Gasteiger partial charge in [0.1, 0.15) is 5.82 Å². The van der Waals surface area contributed by atoms with Crippen LogP contribution in [0.1, 0.15) is 16.8 Å². The molecule has 1 N–H and O–H groups in total. The molecule has 144 valence electrons. The van der Waals surface area contributed by atoms with Crippen molar-refractivity contribution < 1.29 is 0 Å². The minimum Gasteiger partial charge on any atom is -0.368 e. The highest BCUT2D eigenvalue weighted by atomic mass is 15.3. The lowest BCUT2D eigenvalue weighted by atomic mass is 10.1. The van der Waals surface area contributed by atoms with Crippen LogP contribution in [0, 0.1) is 13.8 Å². The van der Waals surface area contributed by atoms with Gasteiger partial charge < -0.3 is 15.1 Å². The van der Waals surface area contributed by atoms with E-state index in [0.29, 0.717) is 0 Å². The molecule has 2 aromatic carbocycles. The van der Waals surface area contributed by atoms with Crippen molar-refractivity contribution in [3.8, 4) is 0 Å². The molecule has 5 nitrogen and oxygen atoms in total. The zero-order valence-electron chi connectivity index (χ0n) is 16.6. The maximum absolute atomic E-state index is 4.78. The van der Waals surface area contributed by atoms with Crippen molar-refractivity contribution in [1.82, 2.24) is 9.97 Å². The first-order valence-corrected chi connectivity index (χ1v) is 9.87. The predicted octanol–water partition coefficient (Wildman–Crippen LogP) is 4.03. The average Bonchev–Trinajstić information content (AvgIpc) is 2.73. The van der Waals surface area contributed by atoms with Gasteiger partial charge >= 0.3 is 0 Å². The Labute approximate surface area is 167 Å². The summed E-state index contributed by atoms with van der Waals surface area (Å²) in [6, 6.07) is 21.2. The van der Waals surface area contributed by atoms with E-state index in [1.807, 2.05) is 13.0 Å². The quantitative estimate of drug-likeness (QED) is 0.731. The molecule has 1 fully saturated rings. The number of nitrogens with one attached hydrogen (secondary N) is 1. The highest BCUT2D eigenvalue weighted by molar-refractivity contribution is 5.49. The molecule has 3 aromatic rings. The first-order valence-electron chi connectivity index (χ1n) is 9.87. The van der Waals surface area contributed by atoms with Gasteiger partial charge in [0.15, 0.2) is 0 Å². The van der Waals surface area contributed by atoms with E-state index in [4.69, 9.17) is 4.98 Å². The first-order chi connectivity index (χ1) is 13.7. The zero-order chi connectivity index (χ0) is 19.3. The number of rotatable bonds is 5. The Bertz CT molecular complexity index is 917. The predicted molar refractivity (Wildman–Crippen MR) is 116 cm³/mol. The molecule has 0 radical (unpaired) electrons. The molecular formula is C23H27N5. The second-order valence-corrected chi connectivity index (χ2v) is 7.35. The van der Waals surface area contributed by atoms with Crippen molar-refractivity contribution in [2.45, 2.75) is 20.4 Å². The number of hydrogen-bond acceptors (Lipinski definition) is 5. The highest BCUT2D eigenvalue weighted by Gasteiger charge is 2.19. The summed E-state index contributed by atoms with van der Waals surface area (Å²) in [5, 5.41) is 3.45. The van der Waals surface area contributed by atoms with E-state index < -0.39 is 0 Å². The van der Waals surface area contributed by atoms with Gasteiger partial charge in [-0.1, -0.05) is 48.0 Å². The number of aromatic nitrogens is 2. The summed E-state index contributed by atoms with van der Waals surface area (Å²) in [7, 11) is 0. The highest BCUT2D eigenvalue weighted by Crippen LogP contribution is 2.20. The Morgan fingerprint density at radius 2 is 1.57 bits per heavy atom. The topological polar surface area (TPSA) is 44.3 Å². The Balaban J connectivity index is 1.41. The minimum absolute atomic E-state index is 0.763. The second kappa shape index (κ2) is 8.30. The van der Waals surface area contributed by atoms with Gasteiger partial charge in [-0.15, -0.1) is 0 Å². The van der Waals surface area contributed by atoms with Gasteiger partial charge in [-0.05, 0) is 31.5 Å². The summed E-state index contributed by atoms with van der Waals surface area (Å²) in [4.78, 5) is 14.2. The normalized spacial score (nSPS) is 14.2. The number of para-hydroxylation sites is 1. The Hall–Kier alpha value is -3.08. The SMILES string of the molecule is Cc1cccc(CNc2cc(C)nc(N3CCN(c4ccccc4)CC3)n2)c1. The fourth-order valence-electron chi connectivity index (χ4n) is 3.60. The number of aryl methyl sites for hydroxylation is 2. The van der Waals surface area contributed by atoms with Crippen LogP contribution in [0.15, 0.2) is 60.7 Å². The number of benzene rings is 2. The Morgan fingerprint density at radius 3 is 2.32 bits per heavy atom. The molecule has 0 unspecified atom stereocenters. The molecule has 1 aliphatic heterocycles. The molecule has 4 rings (SSSR count). The standard InChI is InChI=1S/C23H27N5/c1-18-7-6-8-20(15-18)17-24-22-16-19(2)25-23(26-22)28-13-11-27(12-14-28)21-9-4-3-5-10-21/h3-10,15-16H,11-14,17H2,1-2H3,(H,24,25,26). The summed E-state index contributed by atoms with van der Waals surface area (Å²) in [5.74, 6) is 1.70. The van der Waals surface area contributed by atoms with E-state index in [9.17, 15) is 0 Å². The van der Waals surface area contributed by atoms with Crippen molar-refractivity contribution in [3.05, 3.63) is 77.5 Å². The molecule has 2 heterocycles. The van der Waals surface area contributed by atoms with Crippen molar-refractivity contribution >= 4 is 17.5 Å². The van der Waals surface area contributed by atoms with Crippen LogP contribution in [0.4, 0.5) is 17.5 Å². The number of nitrogens with zero attached hydrogens (tertiary/aromatic N) is 4. The summed E-state index contributed by atoms with van der Waals surface area (Å²) >= 11 is 0. The summed E-state index contributed by atoms with van der Waals surface area (Å²) < 4.78 is 0. The van der Waals surface area contributed by atoms with E-state index in [1.54, 1.807) is 0 Å². The Kier molecular flexibility index (Phi) is 5.42. The summed E-state index contributed by atoms with van der Waals surface area (Å²) in [5.41, 5.74) is 4.81. The fourth-order valence-corrected chi connectivity index (χ4v) is 3.60. The van der Waals surface area contributed by atoms with Crippen LogP contribution in [0.25, 0.3) is 0 Å². The number of anilines is 3. The van der Waals surface area contributed by atoms with Crippen molar-refractivity contribution in [2.75, 3.05) is 41.3 Å². The van der Waals surface area contributed by atoms with Gasteiger partial charge in [0.05, 0.1) is 0 Å². The molecule has 0 amide bonds. The smallest absolute Gasteiger partial charge is 0.227 e. The monoisotopic (exact) mass is 373 g/mol. The second-order valence-electron chi connectivity index (χ2n) is 7.35. The molecule has 1 saturated heterocycles. The van der Waals surface area contributed by atoms with Gasteiger partial charge in [0.2, 0.25) is 5.95 Å². The summed E-state index contributed by atoms with van der Waals surface area (Å²) in [6.07, 6.45) is 0. The third-order valence-electron chi connectivity index (χ3n) is 5.08. The summed E-state index contributed by atoms with van der Waals surface area (Å²) in [6.45, 7) is 8.72. The van der Waals surface area contributed by atoms with Gasteiger partial charge in [-0.3, -0.25) is 0 Å². The minimum atomic E-state index is 0.763. The molecular weight excluding hydrogens is 346 g/mol. The lowest BCUT2D eigenvalue weighted by Crippen LogP contribution is -2.47. The van der Waals surface area contributed by atoms with Crippen molar-refractivity contribution in [3.63, 3.8) is 0 Å². The largest absolute Gasteiger partial charge is 0.368 e. The van der Waals surface area contributed by atoms with E-state index in [0.717, 1.165) is 50.2 Å². The lowest BCUT2D eigenvalue weighted by molar-refractivity contribution is 0.639. The van der Waals surface area contributed by atoms with Gasteiger partial charge in [0.25, 0.3) is 0 Å². The van der Waals surface area contributed by atoms with Crippen LogP contribution in [0.5, 0.6) is 0 Å². The molecule has 0 aliphatic carbocycles. The van der Waals surface area contributed by atoms with Crippen molar-refractivity contribution in [2.24, 2.45) is 0 Å². The number of piperazine rings is 1. The molecule has 0 saturated carbocycles. The van der Waals surface area contributed by atoms with Crippen LogP contribution >= 0.6 is 0 Å². The Morgan fingerprint density at radius 1 is 0.821 bits per heavy atom. The van der Waals surface area contributed by atoms with Crippen LogP contribution in [0.3, 0.4) is 0 Å². The van der Waals surface area contributed by atoms with E-state index in [2.05, 4.69) is 81.6 Å². The fraction of sp³-hybridized carbons (Fsp3) is 0.304. The third kappa shape index (κ3) is 4.42. The average molecular weight is 374 g/mol. The van der Waals surface area contributed by atoms with E-state index in [-0.39, 0.29) is 0 Å². The number of hydrogen-bond donors (Lipinski definition) is 1. The zero-order valence-corrected chi connectivity index (χ0v) is 16.6. The van der Waals surface area contributed by atoms with Gasteiger partial charge in [-0.25, -0.2) is 4.98 Å². The maximum atomic E-state index is 4.78. The van der Waals surface area contributed by atoms with E-state index >= 15 is 0 Å². The molecule has 1 aliphatic rings. The first kappa shape index (κ1) is 18.3. The van der Waals surface area contributed by atoms with Crippen LogP contribution in [-0.4, -0.2) is 36.1 Å². The van der Waals surface area contributed by atoms with Gasteiger partial charge in [0, 0.05) is 50.2 Å². The molecule has 28 heavy (non-hydrogen) atoms. The molecule has 5 heteroatoms. The molecule has 0 atom stereocenters. The van der Waals surface area contributed by atoms with Crippen LogP contribution in [0.2, 0.25) is 0 Å². The molecule has 0 bridgehead atoms. The van der Waals surface area contributed by atoms with Crippen LogP contribution in [-0.2, 0) is 6.54 Å². The van der Waals surface area contributed by atoms with Gasteiger partial charge in [-0.2, -0.15) is 4.98 Å². The molecule has 1 aromatic heterocycles. The lowest BCUT2D eigenvalue weighted by Gasteiger charge is -2.36. The maximum Gasteiger partial charge on any atom is 0.227 e. The van der Waals surface area contributed by atoms with Crippen molar-refractivity contribution in [1.29, 1.82) is 0 Å². The van der Waals surface area contributed by atoms with Crippen LogP contribution < -0.4 is 15.1 Å². The third-order valence-corrected chi connectivity index (χ3v) is 5.08. The molecule has 0 spiro atoms. The van der Waals surface area contributed by atoms with E-state index in [1.165, 1.54) is 16.8 Å².